The highest BCUT2D eigenvalue weighted by Crippen LogP contribution is 2.20. The zero-order chi connectivity index (χ0) is 18.5. The van der Waals surface area contributed by atoms with E-state index in [1.807, 2.05) is 6.92 Å². The lowest BCUT2D eigenvalue weighted by atomic mass is 9.89. The average Bonchev–Trinajstić information content (AvgIpc) is 2.52. The van der Waals surface area contributed by atoms with Gasteiger partial charge in [-0.1, -0.05) is 6.92 Å². The molecule has 0 radical (unpaired) electrons. The van der Waals surface area contributed by atoms with Gasteiger partial charge in [0.25, 0.3) is 0 Å². The second kappa shape index (κ2) is 12.7. The number of hydrogen-bond donors (Lipinski definition) is 0. The van der Waals surface area contributed by atoms with Gasteiger partial charge in [0.05, 0.1) is 0 Å². The molecule has 0 aliphatic rings. The number of rotatable bonds is 15. The van der Waals surface area contributed by atoms with Gasteiger partial charge in [-0.15, -0.1) is 0 Å². The van der Waals surface area contributed by atoms with Gasteiger partial charge in [-0.25, -0.2) is 0 Å². The van der Waals surface area contributed by atoms with Gasteiger partial charge in [0.1, 0.15) is 28.9 Å². The number of ketones is 5. The number of carbonyl (C=O) groups excluding carboxylic acids is 5. The summed E-state index contributed by atoms with van der Waals surface area (Å²) >= 11 is 0. The molecule has 0 saturated heterocycles. The molecule has 1 unspecified atom stereocenters. The molecule has 0 fully saturated rings. The van der Waals surface area contributed by atoms with E-state index < -0.39 is 0 Å². The maximum Gasteiger partial charge on any atom is 0.133 e. The molecule has 0 amide bonds. The van der Waals surface area contributed by atoms with E-state index >= 15 is 0 Å². The van der Waals surface area contributed by atoms with Crippen LogP contribution in [0.2, 0.25) is 0 Å². The SMILES string of the molecule is CCC(=O)CC(CCC(C)=O)CCC(=O)CCC(=O)CCC(C)=O. The Kier molecular flexibility index (Phi) is 11.9. The van der Waals surface area contributed by atoms with Crippen LogP contribution in [0.4, 0.5) is 0 Å². The molecule has 0 aromatic rings. The molecule has 5 heteroatoms. The Morgan fingerprint density at radius 1 is 0.625 bits per heavy atom. The van der Waals surface area contributed by atoms with Crippen molar-refractivity contribution in [3.63, 3.8) is 0 Å². The first kappa shape index (κ1) is 22.4. The third-order valence-corrected chi connectivity index (χ3v) is 4.09. The number of Topliss-reactive ketones (excluding diaryl/α,β-unsaturated/α-hetero) is 5. The smallest absolute Gasteiger partial charge is 0.133 e. The molecular formula is C19H30O5. The number of hydrogen-bond acceptors (Lipinski definition) is 5. The maximum atomic E-state index is 11.9. The Balaban J connectivity index is 4.18. The van der Waals surface area contributed by atoms with Crippen molar-refractivity contribution in [3.8, 4) is 0 Å². The topological polar surface area (TPSA) is 85.3 Å². The van der Waals surface area contributed by atoms with Crippen LogP contribution in [0.15, 0.2) is 0 Å². The van der Waals surface area contributed by atoms with Crippen molar-refractivity contribution in [2.24, 2.45) is 5.92 Å². The van der Waals surface area contributed by atoms with E-state index in [1.54, 1.807) is 0 Å². The maximum absolute atomic E-state index is 11.9. The molecule has 0 heterocycles. The molecule has 136 valence electrons. The molecule has 0 aromatic carbocycles. The summed E-state index contributed by atoms with van der Waals surface area (Å²) in [5.41, 5.74) is 0. The third-order valence-electron chi connectivity index (χ3n) is 4.09. The summed E-state index contributed by atoms with van der Waals surface area (Å²) in [6.45, 7) is 4.77. The van der Waals surface area contributed by atoms with Crippen LogP contribution in [0.5, 0.6) is 0 Å². The molecule has 0 spiro atoms. The van der Waals surface area contributed by atoms with Crippen molar-refractivity contribution in [2.45, 2.75) is 85.0 Å². The van der Waals surface area contributed by atoms with Gasteiger partial charge >= 0.3 is 0 Å². The van der Waals surface area contributed by atoms with Crippen molar-refractivity contribution < 1.29 is 24.0 Å². The Morgan fingerprint density at radius 3 is 1.58 bits per heavy atom. The fourth-order valence-corrected chi connectivity index (χ4v) is 2.43. The Hall–Kier alpha value is -1.65. The van der Waals surface area contributed by atoms with Gasteiger partial charge in [0, 0.05) is 51.4 Å². The van der Waals surface area contributed by atoms with E-state index in [0.29, 0.717) is 38.5 Å². The third kappa shape index (κ3) is 12.9. The van der Waals surface area contributed by atoms with Crippen molar-refractivity contribution in [2.75, 3.05) is 0 Å². The second-order valence-corrected chi connectivity index (χ2v) is 6.52. The summed E-state index contributed by atoms with van der Waals surface area (Å²) in [6.07, 6.45) is 3.66. The van der Waals surface area contributed by atoms with E-state index in [9.17, 15) is 24.0 Å². The first-order valence-corrected chi connectivity index (χ1v) is 8.78. The predicted octanol–water partition coefficient (Wildman–Crippen LogP) is 3.41. The zero-order valence-corrected chi connectivity index (χ0v) is 15.2. The summed E-state index contributed by atoms with van der Waals surface area (Å²) in [5, 5.41) is 0. The molecule has 0 rings (SSSR count). The monoisotopic (exact) mass is 338 g/mol. The van der Waals surface area contributed by atoms with E-state index in [2.05, 4.69) is 0 Å². The fraction of sp³-hybridized carbons (Fsp3) is 0.737. The Labute approximate surface area is 144 Å². The standard InChI is InChI=1S/C19H30O5/c1-4-17(22)13-16(7-5-14(2)20)8-10-19(24)12-11-18(23)9-6-15(3)21/h16H,4-13H2,1-3H3. The molecular weight excluding hydrogens is 308 g/mol. The normalized spacial score (nSPS) is 11.8. The van der Waals surface area contributed by atoms with Crippen molar-refractivity contribution in [3.05, 3.63) is 0 Å². The van der Waals surface area contributed by atoms with Gasteiger partial charge < -0.3 is 9.59 Å². The largest absolute Gasteiger partial charge is 0.300 e. The van der Waals surface area contributed by atoms with Crippen LogP contribution in [0.25, 0.3) is 0 Å². The summed E-state index contributed by atoms with van der Waals surface area (Å²) < 4.78 is 0. The minimum absolute atomic E-state index is 0.00273. The minimum Gasteiger partial charge on any atom is -0.300 e. The second-order valence-electron chi connectivity index (χ2n) is 6.52. The van der Waals surface area contributed by atoms with Gasteiger partial charge in [0.15, 0.2) is 0 Å². The van der Waals surface area contributed by atoms with Gasteiger partial charge in [-0.2, -0.15) is 0 Å². The van der Waals surface area contributed by atoms with Crippen molar-refractivity contribution in [1.82, 2.24) is 0 Å². The van der Waals surface area contributed by atoms with Gasteiger partial charge in [0.2, 0.25) is 0 Å². The minimum atomic E-state index is -0.0622. The molecule has 0 aromatic heterocycles. The van der Waals surface area contributed by atoms with Gasteiger partial charge in [-0.05, 0) is 32.6 Å². The molecule has 0 saturated carbocycles. The van der Waals surface area contributed by atoms with Crippen LogP contribution in [0.1, 0.15) is 85.0 Å². The van der Waals surface area contributed by atoms with Crippen LogP contribution in [0.3, 0.4) is 0 Å². The van der Waals surface area contributed by atoms with E-state index in [0.717, 1.165) is 0 Å². The molecule has 0 aliphatic carbocycles. The Bertz CT molecular complexity index is 464. The fourth-order valence-electron chi connectivity index (χ4n) is 2.43. The van der Waals surface area contributed by atoms with E-state index in [-0.39, 0.29) is 60.5 Å². The molecule has 0 bridgehead atoms. The lowest BCUT2D eigenvalue weighted by molar-refractivity contribution is -0.125. The first-order chi connectivity index (χ1) is 11.2. The predicted molar refractivity (Wildman–Crippen MR) is 91.7 cm³/mol. The highest BCUT2D eigenvalue weighted by Gasteiger charge is 2.16. The zero-order valence-electron chi connectivity index (χ0n) is 15.2. The molecule has 0 N–H and O–H groups in total. The summed E-state index contributed by atoms with van der Waals surface area (Å²) in [5.74, 6) is 0.208. The molecule has 0 aliphatic heterocycles. The molecule has 5 nitrogen and oxygen atoms in total. The van der Waals surface area contributed by atoms with Crippen LogP contribution in [0, 0.1) is 5.92 Å². The first-order valence-electron chi connectivity index (χ1n) is 8.78. The summed E-state index contributed by atoms with van der Waals surface area (Å²) in [7, 11) is 0. The lowest BCUT2D eigenvalue weighted by Gasteiger charge is -2.14. The van der Waals surface area contributed by atoms with Gasteiger partial charge in [-0.3, -0.25) is 14.4 Å². The van der Waals surface area contributed by atoms with Crippen LogP contribution >= 0.6 is 0 Å². The quantitative estimate of drug-likeness (QED) is 0.457. The van der Waals surface area contributed by atoms with Crippen molar-refractivity contribution in [1.29, 1.82) is 0 Å². The van der Waals surface area contributed by atoms with Crippen LogP contribution in [-0.4, -0.2) is 28.9 Å². The highest BCUT2D eigenvalue weighted by molar-refractivity contribution is 5.88. The lowest BCUT2D eigenvalue weighted by Crippen LogP contribution is -2.12. The van der Waals surface area contributed by atoms with E-state index in [4.69, 9.17) is 0 Å². The Morgan fingerprint density at radius 2 is 1.08 bits per heavy atom. The summed E-state index contributed by atoms with van der Waals surface area (Å²) in [6, 6.07) is 0. The summed E-state index contributed by atoms with van der Waals surface area (Å²) in [4.78, 5) is 57.0. The van der Waals surface area contributed by atoms with Crippen LogP contribution < -0.4 is 0 Å². The number of carbonyl (C=O) groups is 5. The van der Waals surface area contributed by atoms with Crippen molar-refractivity contribution >= 4 is 28.9 Å². The molecule has 1 atom stereocenters. The molecule has 24 heavy (non-hydrogen) atoms. The highest BCUT2D eigenvalue weighted by atomic mass is 16.1. The van der Waals surface area contributed by atoms with E-state index in [1.165, 1.54) is 13.8 Å². The average molecular weight is 338 g/mol. The van der Waals surface area contributed by atoms with Crippen LogP contribution in [-0.2, 0) is 24.0 Å².